The molecule has 0 bridgehead atoms. The van der Waals surface area contributed by atoms with E-state index in [0.717, 1.165) is 0 Å². The molecular weight excluding hydrogens is 212 g/mol. The first kappa shape index (κ1) is 11.1. The third kappa shape index (κ3) is 2.24. The van der Waals surface area contributed by atoms with Crippen molar-refractivity contribution >= 4 is 5.91 Å². The van der Waals surface area contributed by atoms with Gasteiger partial charge >= 0.3 is 0 Å². The first-order valence-corrected chi connectivity index (χ1v) is 5.00. The molecule has 88 valence electrons. The molecule has 0 aliphatic carbocycles. The number of hydrogen-bond donors (Lipinski definition) is 2. The van der Waals surface area contributed by atoms with E-state index in [2.05, 4.69) is 5.43 Å². The lowest BCUT2D eigenvalue weighted by Gasteiger charge is -2.25. The lowest BCUT2D eigenvalue weighted by Crippen LogP contribution is -2.35. The van der Waals surface area contributed by atoms with Crippen LogP contribution in [0.2, 0.25) is 0 Å². The average molecular weight is 226 g/mol. The molecule has 2 heterocycles. The number of hydrogen-bond acceptors (Lipinski definition) is 5. The smallest absolute Gasteiger partial charge is 0.268 e. The summed E-state index contributed by atoms with van der Waals surface area (Å²) >= 11 is 0. The van der Waals surface area contributed by atoms with E-state index in [-0.39, 0.29) is 12.0 Å². The van der Waals surface area contributed by atoms with Gasteiger partial charge in [0.05, 0.1) is 18.8 Å². The van der Waals surface area contributed by atoms with E-state index in [1.165, 1.54) is 0 Å². The Morgan fingerprint density at radius 3 is 3.00 bits per heavy atom. The first-order chi connectivity index (χ1) is 7.70. The molecule has 0 atom stereocenters. The van der Waals surface area contributed by atoms with Crippen LogP contribution in [0.15, 0.2) is 10.5 Å². The zero-order valence-electron chi connectivity index (χ0n) is 8.99. The monoisotopic (exact) mass is 226 g/mol. The molecule has 1 saturated heterocycles. The minimum Gasteiger partial charge on any atom is -0.463 e. The SMILES string of the molecule is Cc1oc(COC2COC2)cc1C(=O)NN. The van der Waals surface area contributed by atoms with Crippen molar-refractivity contribution in [2.45, 2.75) is 19.6 Å². The fourth-order valence-electron chi connectivity index (χ4n) is 1.43. The highest BCUT2D eigenvalue weighted by Crippen LogP contribution is 2.17. The number of nitrogen functional groups attached to an aromatic ring is 1. The summed E-state index contributed by atoms with van der Waals surface area (Å²) in [6.45, 7) is 3.29. The summed E-state index contributed by atoms with van der Waals surface area (Å²) in [6.07, 6.45) is 0.136. The number of amides is 1. The number of furan rings is 1. The van der Waals surface area contributed by atoms with Crippen molar-refractivity contribution in [3.8, 4) is 0 Å². The number of rotatable bonds is 4. The second-order valence-corrected chi connectivity index (χ2v) is 3.63. The van der Waals surface area contributed by atoms with Crippen LogP contribution < -0.4 is 11.3 Å². The first-order valence-electron chi connectivity index (χ1n) is 5.00. The van der Waals surface area contributed by atoms with E-state index < -0.39 is 0 Å². The van der Waals surface area contributed by atoms with Crippen molar-refractivity contribution in [2.75, 3.05) is 13.2 Å². The third-order valence-corrected chi connectivity index (χ3v) is 2.41. The van der Waals surface area contributed by atoms with Gasteiger partial charge in [-0.2, -0.15) is 0 Å². The Bertz CT molecular complexity index is 384. The molecule has 2 rings (SSSR count). The predicted molar refractivity (Wildman–Crippen MR) is 54.5 cm³/mol. The second kappa shape index (κ2) is 4.65. The van der Waals surface area contributed by atoms with Crippen LogP contribution in [0.3, 0.4) is 0 Å². The summed E-state index contributed by atoms with van der Waals surface area (Å²) in [4.78, 5) is 11.3. The maximum Gasteiger partial charge on any atom is 0.268 e. The molecule has 0 aromatic carbocycles. The highest BCUT2D eigenvalue weighted by Gasteiger charge is 2.20. The van der Waals surface area contributed by atoms with Gasteiger partial charge in [0.25, 0.3) is 5.91 Å². The Hall–Kier alpha value is -1.37. The largest absolute Gasteiger partial charge is 0.463 e. The number of hydrazine groups is 1. The van der Waals surface area contributed by atoms with Crippen LogP contribution in [-0.4, -0.2) is 25.2 Å². The standard InChI is InChI=1S/C10H14N2O4/c1-6-9(10(13)12-11)2-7(16-6)5-15-8-3-14-4-8/h2,8H,3-5,11H2,1H3,(H,12,13). The molecule has 16 heavy (non-hydrogen) atoms. The van der Waals surface area contributed by atoms with E-state index in [4.69, 9.17) is 19.7 Å². The molecule has 3 N–H and O–H groups in total. The topological polar surface area (TPSA) is 86.7 Å². The van der Waals surface area contributed by atoms with Gasteiger partial charge in [-0.05, 0) is 13.0 Å². The van der Waals surface area contributed by atoms with Crippen molar-refractivity contribution in [2.24, 2.45) is 5.84 Å². The lowest BCUT2D eigenvalue weighted by atomic mass is 10.2. The fraction of sp³-hybridized carbons (Fsp3) is 0.500. The summed E-state index contributed by atoms with van der Waals surface area (Å²) in [5.41, 5.74) is 2.50. The molecule has 0 unspecified atom stereocenters. The molecule has 1 aromatic rings. The number of aryl methyl sites for hydroxylation is 1. The van der Waals surface area contributed by atoms with Crippen LogP contribution in [0, 0.1) is 6.92 Å². The van der Waals surface area contributed by atoms with Gasteiger partial charge in [0.15, 0.2) is 0 Å². The highest BCUT2D eigenvalue weighted by molar-refractivity contribution is 5.94. The van der Waals surface area contributed by atoms with Crippen molar-refractivity contribution < 1.29 is 18.7 Å². The third-order valence-electron chi connectivity index (χ3n) is 2.41. The van der Waals surface area contributed by atoms with Crippen molar-refractivity contribution in [1.29, 1.82) is 0 Å². The normalized spacial score (nSPS) is 15.9. The zero-order valence-corrected chi connectivity index (χ0v) is 8.99. The summed E-state index contributed by atoms with van der Waals surface area (Å²) in [7, 11) is 0. The number of nitrogens with one attached hydrogen (secondary N) is 1. The Balaban J connectivity index is 1.96. The molecule has 0 spiro atoms. The molecule has 0 radical (unpaired) electrons. The van der Waals surface area contributed by atoms with E-state index in [0.29, 0.717) is 36.9 Å². The molecule has 1 fully saturated rings. The Morgan fingerprint density at radius 1 is 1.69 bits per heavy atom. The van der Waals surface area contributed by atoms with E-state index in [9.17, 15) is 4.79 Å². The van der Waals surface area contributed by atoms with Gasteiger partial charge in [-0.1, -0.05) is 0 Å². The highest BCUT2D eigenvalue weighted by atomic mass is 16.6. The van der Waals surface area contributed by atoms with E-state index in [1.807, 2.05) is 0 Å². The van der Waals surface area contributed by atoms with Crippen molar-refractivity contribution in [1.82, 2.24) is 5.43 Å². The maximum absolute atomic E-state index is 11.3. The Labute approximate surface area is 92.7 Å². The van der Waals surface area contributed by atoms with Gasteiger partial charge in [0, 0.05) is 0 Å². The van der Waals surface area contributed by atoms with Crippen LogP contribution in [-0.2, 0) is 16.1 Å². The van der Waals surface area contributed by atoms with Gasteiger partial charge in [-0.15, -0.1) is 0 Å². The summed E-state index contributed by atoms with van der Waals surface area (Å²) in [5, 5.41) is 0. The number of carbonyl (C=O) groups is 1. The lowest BCUT2D eigenvalue weighted by molar-refractivity contribution is -0.137. The molecule has 1 amide bonds. The van der Waals surface area contributed by atoms with E-state index >= 15 is 0 Å². The molecule has 1 aliphatic heterocycles. The summed E-state index contributed by atoms with van der Waals surface area (Å²) in [6, 6.07) is 1.64. The molecule has 6 nitrogen and oxygen atoms in total. The molecule has 6 heteroatoms. The van der Waals surface area contributed by atoms with Crippen LogP contribution in [0.4, 0.5) is 0 Å². The van der Waals surface area contributed by atoms with Crippen molar-refractivity contribution in [3.63, 3.8) is 0 Å². The maximum atomic E-state index is 11.3. The zero-order chi connectivity index (χ0) is 11.5. The second-order valence-electron chi connectivity index (χ2n) is 3.63. The fourth-order valence-corrected chi connectivity index (χ4v) is 1.43. The van der Waals surface area contributed by atoms with E-state index in [1.54, 1.807) is 13.0 Å². The molecule has 1 aromatic heterocycles. The minimum absolute atomic E-state index is 0.136. The summed E-state index contributed by atoms with van der Waals surface area (Å²) < 4.78 is 15.8. The van der Waals surface area contributed by atoms with Gasteiger partial charge in [-0.25, -0.2) is 5.84 Å². The quantitative estimate of drug-likeness (QED) is 0.432. The van der Waals surface area contributed by atoms with Crippen LogP contribution in [0.5, 0.6) is 0 Å². The van der Waals surface area contributed by atoms with Gasteiger partial charge in [-0.3, -0.25) is 10.2 Å². The van der Waals surface area contributed by atoms with Gasteiger partial charge in [0.2, 0.25) is 0 Å². The predicted octanol–water partition coefficient (Wildman–Crippen LogP) is 0.107. The molecular formula is C10H14N2O4. The number of ether oxygens (including phenoxy) is 2. The van der Waals surface area contributed by atoms with Crippen LogP contribution in [0.25, 0.3) is 0 Å². The molecule has 0 saturated carbocycles. The number of nitrogens with two attached hydrogens (primary N) is 1. The van der Waals surface area contributed by atoms with Crippen LogP contribution >= 0.6 is 0 Å². The Morgan fingerprint density at radius 2 is 2.44 bits per heavy atom. The minimum atomic E-state index is -0.362. The number of carbonyl (C=O) groups excluding carboxylic acids is 1. The Kier molecular flexibility index (Phi) is 3.23. The van der Waals surface area contributed by atoms with Crippen molar-refractivity contribution in [3.05, 3.63) is 23.2 Å². The average Bonchev–Trinajstić information content (AvgIpc) is 2.56. The van der Waals surface area contributed by atoms with Gasteiger partial charge in [0.1, 0.15) is 24.2 Å². The summed E-state index contributed by atoms with van der Waals surface area (Å²) in [5.74, 6) is 5.83. The van der Waals surface area contributed by atoms with Gasteiger partial charge < -0.3 is 13.9 Å². The molecule has 1 aliphatic rings. The van der Waals surface area contributed by atoms with Crippen LogP contribution in [0.1, 0.15) is 21.9 Å².